The predicted molar refractivity (Wildman–Crippen MR) is 170 cm³/mol. The van der Waals surface area contributed by atoms with Crippen molar-refractivity contribution in [3.63, 3.8) is 0 Å². The maximum absolute atomic E-state index is 15.3. The van der Waals surface area contributed by atoms with Gasteiger partial charge in [-0.2, -0.15) is 4.98 Å². The number of hydrogen-bond donors (Lipinski definition) is 2. The predicted octanol–water partition coefficient (Wildman–Crippen LogP) is 6.02. The molecule has 2 fully saturated rings. The molecular weight excluding hydrogens is 541 g/mol. The van der Waals surface area contributed by atoms with Crippen LogP contribution in [-0.2, 0) is 6.54 Å². The van der Waals surface area contributed by atoms with Gasteiger partial charge in [0, 0.05) is 65.9 Å². The fraction of sp³-hybridized carbons (Fsp3) is 0.324. The number of aromatic nitrogens is 4. The first kappa shape index (κ1) is 27.3. The number of nitrogens with one attached hydrogen (secondary N) is 2. The summed E-state index contributed by atoms with van der Waals surface area (Å²) in [6.45, 7) is 8.11. The van der Waals surface area contributed by atoms with Crippen molar-refractivity contribution in [3.8, 4) is 11.1 Å². The van der Waals surface area contributed by atoms with E-state index in [4.69, 9.17) is 4.98 Å². The summed E-state index contributed by atoms with van der Waals surface area (Å²) in [7, 11) is 0. The summed E-state index contributed by atoms with van der Waals surface area (Å²) in [5, 5.41) is 7.42. The van der Waals surface area contributed by atoms with Crippen LogP contribution < -0.4 is 21.1 Å². The van der Waals surface area contributed by atoms with Crippen LogP contribution >= 0.6 is 0 Å². The van der Waals surface area contributed by atoms with Gasteiger partial charge in [-0.1, -0.05) is 24.3 Å². The van der Waals surface area contributed by atoms with Gasteiger partial charge in [0.05, 0.1) is 12.2 Å². The Kier molecular flexibility index (Phi) is 6.97. The van der Waals surface area contributed by atoms with Gasteiger partial charge in [-0.15, -0.1) is 0 Å². The Morgan fingerprint density at radius 3 is 2.53 bits per heavy atom. The van der Waals surface area contributed by atoms with E-state index >= 15 is 4.39 Å². The van der Waals surface area contributed by atoms with Gasteiger partial charge in [-0.05, 0) is 81.1 Å². The van der Waals surface area contributed by atoms with Crippen LogP contribution in [0.4, 0.5) is 21.7 Å². The third-order valence-electron chi connectivity index (χ3n) is 8.49. The van der Waals surface area contributed by atoms with Crippen LogP contribution in [0.15, 0.2) is 77.9 Å². The van der Waals surface area contributed by atoms with Gasteiger partial charge in [0.1, 0.15) is 11.5 Å². The molecule has 8 nitrogen and oxygen atoms in total. The second kappa shape index (κ2) is 11.0. The van der Waals surface area contributed by atoms with Crippen LogP contribution in [0.3, 0.4) is 0 Å². The highest BCUT2D eigenvalue weighted by Gasteiger charge is 2.26. The number of aryl methyl sites for hydroxylation is 1. The maximum atomic E-state index is 15.3. The molecule has 0 unspecified atom stereocenters. The summed E-state index contributed by atoms with van der Waals surface area (Å²) in [5.41, 5.74) is 5.16. The van der Waals surface area contributed by atoms with Crippen LogP contribution in [0.25, 0.3) is 22.2 Å². The lowest BCUT2D eigenvalue weighted by Gasteiger charge is -2.37. The van der Waals surface area contributed by atoms with E-state index in [1.54, 1.807) is 16.8 Å². The van der Waals surface area contributed by atoms with Crippen molar-refractivity contribution in [2.75, 3.05) is 23.3 Å². The number of piperazine rings is 1. The van der Waals surface area contributed by atoms with E-state index in [1.807, 2.05) is 49.4 Å². The van der Waals surface area contributed by atoms with E-state index < -0.39 is 0 Å². The molecule has 0 spiro atoms. The molecule has 2 atom stereocenters. The number of anilines is 3. The summed E-state index contributed by atoms with van der Waals surface area (Å²) in [4.78, 5) is 25.6. The topological polar surface area (TPSA) is 80.0 Å². The van der Waals surface area contributed by atoms with E-state index in [-0.39, 0.29) is 23.5 Å². The minimum absolute atomic E-state index is 0.107. The number of halogens is 1. The van der Waals surface area contributed by atoms with E-state index in [0.29, 0.717) is 41.1 Å². The maximum Gasteiger partial charge on any atom is 0.260 e. The largest absolute Gasteiger partial charge is 0.366 e. The van der Waals surface area contributed by atoms with E-state index in [2.05, 4.69) is 51.2 Å². The average Bonchev–Trinajstić information content (AvgIpc) is 3.72. The summed E-state index contributed by atoms with van der Waals surface area (Å²) >= 11 is 0. The number of pyridine rings is 1. The molecule has 9 heteroatoms. The van der Waals surface area contributed by atoms with Crippen LogP contribution in [0.1, 0.15) is 44.0 Å². The molecule has 0 radical (unpaired) electrons. The van der Waals surface area contributed by atoms with Crippen molar-refractivity contribution in [2.24, 2.45) is 0 Å². The fourth-order valence-electron chi connectivity index (χ4n) is 6.36. The Hall–Kier alpha value is -4.50. The van der Waals surface area contributed by atoms with Crippen molar-refractivity contribution < 1.29 is 4.39 Å². The molecule has 43 heavy (non-hydrogen) atoms. The molecule has 3 aromatic heterocycles. The van der Waals surface area contributed by atoms with E-state index in [0.717, 1.165) is 48.1 Å². The second-order valence-electron chi connectivity index (χ2n) is 12.0. The monoisotopic (exact) mass is 577 g/mol. The number of fused-ring (bicyclic) bond motifs is 1. The first-order valence-electron chi connectivity index (χ1n) is 15.0. The van der Waals surface area contributed by atoms with Crippen molar-refractivity contribution in [2.45, 2.75) is 58.3 Å². The molecule has 2 aromatic carbocycles. The second-order valence-corrected chi connectivity index (χ2v) is 12.0. The van der Waals surface area contributed by atoms with Gasteiger partial charge in [0.2, 0.25) is 5.95 Å². The molecule has 1 aliphatic carbocycles. The lowest BCUT2D eigenvalue weighted by molar-refractivity contribution is 0.404. The standard InChI is InChI=1S/C34H36FN7O/c1-21-7-4-5-9-28(21)29-15-24-17-36-34(38-25-10-13-31(30(35)16-25)40-18-22(2)37-23(3)19-40)39-32(24)42(33(29)43)20-27-8-6-14-41(27)26-11-12-26/h4-10,13-17,22-23,26,37H,11-12,18-20H2,1-3H3,(H,36,38,39)/t22-,23+. The minimum Gasteiger partial charge on any atom is -0.366 e. The number of benzene rings is 2. The van der Waals surface area contributed by atoms with Crippen molar-refractivity contribution in [1.82, 2.24) is 24.4 Å². The first-order chi connectivity index (χ1) is 20.8. The lowest BCUT2D eigenvalue weighted by Crippen LogP contribution is -2.54. The molecule has 2 N–H and O–H groups in total. The molecule has 0 bridgehead atoms. The Bertz CT molecular complexity index is 1860. The average molecular weight is 578 g/mol. The Morgan fingerprint density at radius 1 is 1.00 bits per heavy atom. The summed E-state index contributed by atoms with van der Waals surface area (Å²) in [6, 6.07) is 20.1. The Balaban J connectivity index is 1.26. The van der Waals surface area contributed by atoms with Gasteiger partial charge >= 0.3 is 0 Å². The normalized spacial score (nSPS) is 18.7. The van der Waals surface area contributed by atoms with Gasteiger partial charge in [-0.3, -0.25) is 9.36 Å². The fourth-order valence-corrected chi connectivity index (χ4v) is 6.36. The molecule has 5 aromatic rings. The summed E-state index contributed by atoms with van der Waals surface area (Å²) in [5.74, 6) is 0.00569. The molecule has 2 aliphatic rings. The van der Waals surface area contributed by atoms with Gasteiger partial charge in [0.15, 0.2) is 0 Å². The zero-order chi connectivity index (χ0) is 29.7. The van der Waals surface area contributed by atoms with Crippen molar-refractivity contribution in [3.05, 3.63) is 100 Å². The third-order valence-corrected chi connectivity index (χ3v) is 8.49. The molecule has 0 amide bonds. The Labute approximate surface area is 250 Å². The van der Waals surface area contributed by atoms with Gasteiger partial charge in [-0.25, -0.2) is 9.37 Å². The molecule has 1 saturated carbocycles. The molecule has 1 saturated heterocycles. The minimum atomic E-state index is -0.298. The molecular formula is C34H36FN7O. The van der Waals surface area contributed by atoms with Crippen LogP contribution in [0, 0.1) is 12.7 Å². The molecule has 1 aliphatic heterocycles. The number of rotatable bonds is 7. The number of hydrogen-bond acceptors (Lipinski definition) is 6. The van der Waals surface area contributed by atoms with Gasteiger partial charge < -0.3 is 20.1 Å². The lowest BCUT2D eigenvalue weighted by atomic mass is 10.0. The van der Waals surface area contributed by atoms with E-state index in [9.17, 15) is 4.79 Å². The highest BCUT2D eigenvalue weighted by molar-refractivity contribution is 5.82. The molecule has 7 rings (SSSR count). The zero-order valence-electron chi connectivity index (χ0n) is 24.7. The zero-order valence-corrected chi connectivity index (χ0v) is 24.7. The highest BCUT2D eigenvalue weighted by atomic mass is 19.1. The quantitative estimate of drug-likeness (QED) is 0.246. The molecule has 4 heterocycles. The highest BCUT2D eigenvalue weighted by Crippen LogP contribution is 2.36. The molecule has 220 valence electrons. The van der Waals surface area contributed by atoms with E-state index in [1.165, 1.54) is 6.07 Å². The van der Waals surface area contributed by atoms with Crippen molar-refractivity contribution >= 4 is 28.4 Å². The SMILES string of the molecule is Cc1ccccc1-c1cc2cnc(Nc3ccc(N4C[C@@H](C)N[C@@H](C)C4)c(F)c3)nc2n(Cc2cccn2C2CC2)c1=O. The summed E-state index contributed by atoms with van der Waals surface area (Å²) in [6.07, 6.45) is 6.13. The summed E-state index contributed by atoms with van der Waals surface area (Å²) < 4.78 is 19.3. The van der Waals surface area contributed by atoms with Crippen LogP contribution in [-0.4, -0.2) is 44.3 Å². The van der Waals surface area contributed by atoms with Gasteiger partial charge in [0.25, 0.3) is 5.56 Å². The van der Waals surface area contributed by atoms with Crippen LogP contribution in [0.2, 0.25) is 0 Å². The smallest absolute Gasteiger partial charge is 0.260 e. The Morgan fingerprint density at radius 2 is 1.79 bits per heavy atom. The third kappa shape index (κ3) is 5.41. The number of nitrogens with zero attached hydrogens (tertiary/aromatic N) is 5. The van der Waals surface area contributed by atoms with Crippen LogP contribution in [0.5, 0.6) is 0 Å². The van der Waals surface area contributed by atoms with Crippen molar-refractivity contribution in [1.29, 1.82) is 0 Å². The first-order valence-corrected chi connectivity index (χ1v) is 15.0.